The van der Waals surface area contributed by atoms with Crippen molar-refractivity contribution in [2.75, 3.05) is 23.7 Å². The molecule has 2 aromatic rings. The Bertz CT molecular complexity index is 562. The molecule has 2 unspecified atom stereocenters. The van der Waals surface area contributed by atoms with Crippen LogP contribution >= 0.6 is 11.3 Å². The van der Waals surface area contributed by atoms with E-state index in [1.54, 1.807) is 6.33 Å². The predicted molar refractivity (Wildman–Crippen MR) is 71.8 cm³/mol. The second-order valence-corrected chi connectivity index (χ2v) is 5.57. The molecule has 18 heavy (non-hydrogen) atoms. The van der Waals surface area contributed by atoms with Crippen LogP contribution in [-0.4, -0.2) is 40.2 Å². The number of anilines is 2. The number of aromatic nitrogens is 3. The summed E-state index contributed by atoms with van der Waals surface area (Å²) in [6.45, 7) is 5.76. The first-order valence-corrected chi connectivity index (χ1v) is 6.72. The van der Waals surface area contributed by atoms with E-state index in [1.807, 2.05) is 0 Å². The van der Waals surface area contributed by atoms with Crippen LogP contribution in [0.25, 0.3) is 10.3 Å². The zero-order valence-corrected chi connectivity index (χ0v) is 11.1. The lowest BCUT2D eigenvalue weighted by Gasteiger charge is -2.35. The van der Waals surface area contributed by atoms with Gasteiger partial charge in [0.25, 0.3) is 0 Å². The molecule has 1 aliphatic heterocycles. The molecule has 2 aromatic heterocycles. The minimum Gasteiger partial charge on any atom is -0.375 e. The largest absolute Gasteiger partial charge is 0.375 e. The Hall–Kier alpha value is -1.47. The number of ether oxygens (including phenoxy) is 1. The van der Waals surface area contributed by atoms with Gasteiger partial charge in [0, 0.05) is 13.1 Å². The normalized spacial score (nSPS) is 24.7. The Balaban J connectivity index is 2.02. The topological polar surface area (TPSA) is 77.2 Å². The molecule has 0 amide bonds. The lowest BCUT2D eigenvalue weighted by molar-refractivity contribution is -0.00537. The minimum atomic E-state index is 0.190. The fraction of sp³-hybridized carbons (Fsp3) is 0.545. The molecule has 2 atom stereocenters. The standard InChI is InChI=1S/C11H15N5OS/c1-6-3-16(4-7(2)17-6)9-8-10(14-5-13-9)18-11(12)15-8/h5-7H,3-4H2,1-2H3,(H2,12,15). The van der Waals surface area contributed by atoms with E-state index in [9.17, 15) is 0 Å². The third-order valence-electron chi connectivity index (χ3n) is 2.91. The van der Waals surface area contributed by atoms with Crippen LogP contribution < -0.4 is 10.6 Å². The van der Waals surface area contributed by atoms with E-state index < -0.39 is 0 Å². The van der Waals surface area contributed by atoms with Crippen molar-refractivity contribution in [2.45, 2.75) is 26.1 Å². The molecule has 1 fully saturated rings. The molecular weight excluding hydrogens is 250 g/mol. The highest BCUT2D eigenvalue weighted by Crippen LogP contribution is 2.29. The van der Waals surface area contributed by atoms with Gasteiger partial charge < -0.3 is 15.4 Å². The maximum atomic E-state index is 5.74. The van der Waals surface area contributed by atoms with E-state index in [0.29, 0.717) is 5.13 Å². The van der Waals surface area contributed by atoms with E-state index in [1.165, 1.54) is 11.3 Å². The van der Waals surface area contributed by atoms with Crippen LogP contribution in [0, 0.1) is 0 Å². The van der Waals surface area contributed by atoms with Crippen LogP contribution in [-0.2, 0) is 4.74 Å². The van der Waals surface area contributed by atoms with Crippen LogP contribution in [0.1, 0.15) is 13.8 Å². The van der Waals surface area contributed by atoms with Crippen molar-refractivity contribution in [3.8, 4) is 0 Å². The van der Waals surface area contributed by atoms with E-state index in [4.69, 9.17) is 10.5 Å². The molecule has 1 saturated heterocycles. The van der Waals surface area contributed by atoms with Crippen molar-refractivity contribution in [2.24, 2.45) is 0 Å². The molecule has 96 valence electrons. The Kier molecular flexibility index (Phi) is 2.79. The van der Waals surface area contributed by atoms with Crippen molar-refractivity contribution in [1.82, 2.24) is 15.0 Å². The molecule has 0 saturated carbocycles. The van der Waals surface area contributed by atoms with E-state index in [-0.39, 0.29) is 12.2 Å². The molecule has 0 aliphatic carbocycles. The molecule has 2 N–H and O–H groups in total. The van der Waals surface area contributed by atoms with Gasteiger partial charge in [-0.25, -0.2) is 15.0 Å². The number of thiazole rings is 1. The number of hydrogen-bond donors (Lipinski definition) is 1. The zero-order chi connectivity index (χ0) is 12.7. The predicted octanol–water partition coefficient (Wildman–Crippen LogP) is 1.28. The average molecular weight is 265 g/mol. The van der Waals surface area contributed by atoms with Gasteiger partial charge in [0.1, 0.15) is 11.8 Å². The summed E-state index contributed by atoms with van der Waals surface area (Å²) >= 11 is 1.39. The second kappa shape index (κ2) is 4.33. The summed E-state index contributed by atoms with van der Waals surface area (Å²) in [6, 6.07) is 0. The highest BCUT2D eigenvalue weighted by molar-refractivity contribution is 7.21. The summed E-state index contributed by atoms with van der Waals surface area (Å²) in [6.07, 6.45) is 1.95. The summed E-state index contributed by atoms with van der Waals surface area (Å²) in [5.41, 5.74) is 6.53. The average Bonchev–Trinajstić information content (AvgIpc) is 2.67. The molecule has 1 aliphatic rings. The van der Waals surface area contributed by atoms with Crippen molar-refractivity contribution in [3.63, 3.8) is 0 Å². The molecule has 6 nitrogen and oxygen atoms in total. The Morgan fingerprint density at radius 1 is 1.33 bits per heavy atom. The third-order valence-corrected chi connectivity index (χ3v) is 3.70. The lowest BCUT2D eigenvalue weighted by Crippen LogP contribution is -2.46. The number of nitrogens with zero attached hydrogens (tertiary/aromatic N) is 4. The van der Waals surface area contributed by atoms with E-state index in [0.717, 1.165) is 29.3 Å². The van der Waals surface area contributed by atoms with Crippen LogP contribution in [0.3, 0.4) is 0 Å². The number of nitrogen functional groups attached to an aromatic ring is 1. The molecule has 0 radical (unpaired) electrons. The van der Waals surface area contributed by atoms with Crippen molar-refractivity contribution in [3.05, 3.63) is 6.33 Å². The van der Waals surface area contributed by atoms with Gasteiger partial charge in [-0.15, -0.1) is 0 Å². The maximum Gasteiger partial charge on any atom is 0.182 e. The first-order valence-electron chi connectivity index (χ1n) is 5.91. The Morgan fingerprint density at radius 3 is 2.78 bits per heavy atom. The summed E-state index contributed by atoms with van der Waals surface area (Å²) in [5, 5.41) is 0.529. The molecule has 3 heterocycles. The third kappa shape index (κ3) is 1.99. The van der Waals surface area contributed by atoms with Gasteiger partial charge in [0.2, 0.25) is 0 Å². The lowest BCUT2D eigenvalue weighted by atomic mass is 10.2. The first kappa shape index (κ1) is 11.6. The van der Waals surface area contributed by atoms with Gasteiger partial charge in [-0.1, -0.05) is 11.3 Å². The van der Waals surface area contributed by atoms with Crippen molar-refractivity contribution in [1.29, 1.82) is 0 Å². The van der Waals surface area contributed by atoms with Crippen LogP contribution in [0.5, 0.6) is 0 Å². The number of fused-ring (bicyclic) bond motifs is 1. The smallest absolute Gasteiger partial charge is 0.182 e. The molecule has 0 aromatic carbocycles. The van der Waals surface area contributed by atoms with E-state index in [2.05, 4.69) is 33.7 Å². The fourth-order valence-corrected chi connectivity index (χ4v) is 3.01. The molecular formula is C11H15N5OS. The highest BCUT2D eigenvalue weighted by atomic mass is 32.1. The van der Waals surface area contributed by atoms with Crippen molar-refractivity contribution < 1.29 is 4.74 Å². The van der Waals surface area contributed by atoms with Crippen LogP contribution in [0.4, 0.5) is 10.9 Å². The van der Waals surface area contributed by atoms with Gasteiger partial charge in [-0.2, -0.15) is 0 Å². The summed E-state index contributed by atoms with van der Waals surface area (Å²) in [4.78, 5) is 15.9. The first-order chi connectivity index (χ1) is 8.63. The van der Waals surface area contributed by atoms with Gasteiger partial charge >= 0.3 is 0 Å². The number of morpholine rings is 1. The van der Waals surface area contributed by atoms with Gasteiger partial charge in [0.05, 0.1) is 12.2 Å². The minimum absolute atomic E-state index is 0.190. The number of rotatable bonds is 1. The van der Waals surface area contributed by atoms with Crippen LogP contribution in [0.2, 0.25) is 0 Å². The summed E-state index contributed by atoms with van der Waals surface area (Å²) < 4.78 is 5.73. The van der Waals surface area contributed by atoms with Crippen LogP contribution in [0.15, 0.2) is 6.33 Å². The highest BCUT2D eigenvalue weighted by Gasteiger charge is 2.25. The number of nitrogens with two attached hydrogens (primary N) is 1. The fourth-order valence-electron chi connectivity index (χ4n) is 2.34. The van der Waals surface area contributed by atoms with Crippen molar-refractivity contribution >= 4 is 32.6 Å². The maximum absolute atomic E-state index is 5.74. The van der Waals surface area contributed by atoms with Gasteiger partial charge in [0.15, 0.2) is 15.8 Å². The summed E-state index contributed by atoms with van der Waals surface area (Å²) in [5.74, 6) is 0.856. The molecule has 7 heteroatoms. The quantitative estimate of drug-likeness (QED) is 0.837. The number of hydrogen-bond acceptors (Lipinski definition) is 7. The second-order valence-electron chi connectivity index (χ2n) is 4.57. The molecule has 0 bridgehead atoms. The zero-order valence-electron chi connectivity index (χ0n) is 10.3. The SMILES string of the molecule is CC1CN(c2ncnc3sc(N)nc23)CC(C)O1. The Morgan fingerprint density at radius 2 is 2.06 bits per heavy atom. The summed E-state index contributed by atoms with van der Waals surface area (Å²) in [7, 11) is 0. The van der Waals surface area contributed by atoms with Gasteiger partial charge in [-0.3, -0.25) is 0 Å². The Labute approximate surface area is 109 Å². The molecule has 0 spiro atoms. The van der Waals surface area contributed by atoms with E-state index >= 15 is 0 Å². The monoisotopic (exact) mass is 265 g/mol. The van der Waals surface area contributed by atoms with Gasteiger partial charge in [-0.05, 0) is 13.8 Å². The molecule has 3 rings (SSSR count).